The first-order chi connectivity index (χ1) is 9.34. The van der Waals surface area contributed by atoms with E-state index in [9.17, 15) is 18.0 Å². The Kier molecular flexibility index (Phi) is 6.01. The van der Waals surface area contributed by atoms with Crippen LogP contribution in [0.15, 0.2) is 24.3 Å². The molecule has 0 amide bonds. The SMILES string of the molecule is CCCCC(NCc1cccc(C(F)(F)F)c1)C(=O)O. The molecule has 0 saturated carbocycles. The predicted octanol–water partition coefficient (Wildman–Crippen LogP) is 3.44. The highest BCUT2D eigenvalue weighted by Gasteiger charge is 2.30. The minimum absolute atomic E-state index is 0.102. The van der Waals surface area contributed by atoms with Crippen LogP contribution < -0.4 is 5.32 Å². The van der Waals surface area contributed by atoms with Gasteiger partial charge in [0.1, 0.15) is 6.04 Å². The number of hydrogen-bond donors (Lipinski definition) is 2. The van der Waals surface area contributed by atoms with E-state index in [-0.39, 0.29) is 6.54 Å². The van der Waals surface area contributed by atoms with Gasteiger partial charge < -0.3 is 10.4 Å². The first kappa shape index (κ1) is 16.5. The number of alkyl halides is 3. The molecule has 0 spiro atoms. The van der Waals surface area contributed by atoms with E-state index >= 15 is 0 Å². The number of unbranched alkanes of at least 4 members (excludes halogenated alkanes) is 1. The Hall–Kier alpha value is -1.56. The maximum Gasteiger partial charge on any atom is 0.416 e. The van der Waals surface area contributed by atoms with Crippen molar-refractivity contribution in [2.24, 2.45) is 0 Å². The van der Waals surface area contributed by atoms with Gasteiger partial charge >= 0.3 is 12.1 Å². The minimum atomic E-state index is -4.38. The summed E-state index contributed by atoms with van der Waals surface area (Å²) in [6.45, 7) is 2.05. The Labute approximate surface area is 115 Å². The first-order valence-electron chi connectivity index (χ1n) is 6.47. The summed E-state index contributed by atoms with van der Waals surface area (Å²) in [5.41, 5.74) is -0.306. The zero-order chi connectivity index (χ0) is 15.2. The van der Waals surface area contributed by atoms with E-state index in [0.717, 1.165) is 25.0 Å². The maximum absolute atomic E-state index is 12.5. The Bertz CT molecular complexity index is 446. The van der Waals surface area contributed by atoms with Crippen molar-refractivity contribution in [1.82, 2.24) is 5.32 Å². The van der Waals surface area contributed by atoms with E-state index < -0.39 is 23.8 Å². The Morgan fingerprint density at radius 1 is 1.40 bits per heavy atom. The zero-order valence-electron chi connectivity index (χ0n) is 11.2. The number of carbonyl (C=O) groups is 1. The summed E-state index contributed by atoms with van der Waals surface area (Å²) in [7, 11) is 0. The fraction of sp³-hybridized carbons (Fsp3) is 0.500. The largest absolute Gasteiger partial charge is 0.480 e. The normalized spacial score (nSPS) is 13.2. The van der Waals surface area contributed by atoms with Crippen molar-refractivity contribution in [1.29, 1.82) is 0 Å². The molecule has 0 radical (unpaired) electrons. The topological polar surface area (TPSA) is 49.3 Å². The number of nitrogens with one attached hydrogen (secondary N) is 1. The van der Waals surface area contributed by atoms with Gasteiger partial charge in [0.25, 0.3) is 0 Å². The smallest absolute Gasteiger partial charge is 0.416 e. The van der Waals surface area contributed by atoms with Crippen molar-refractivity contribution in [2.45, 2.75) is 44.9 Å². The van der Waals surface area contributed by atoms with Crippen molar-refractivity contribution in [3.63, 3.8) is 0 Å². The summed E-state index contributed by atoms with van der Waals surface area (Å²) in [6.07, 6.45) is -2.29. The fourth-order valence-corrected chi connectivity index (χ4v) is 1.82. The predicted molar refractivity (Wildman–Crippen MR) is 69.2 cm³/mol. The van der Waals surface area contributed by atoms with Crippen molar-refractivity contribution >= 4 is 5.97 Å². The summed E-state index contributed by atoms with van der Waals surface area (Å²) in [4.78, 5) is 11.0. The molecule has 1 unspecified atom stereocenters. The van der Waals surface area contributed by atoms with Crippen LogP contribution in [0.2, 0.25) is 0 Å². The van der Waals surface area contributed by atoms with Crippen LogP contribution in [0.5, 0.6) is 0 Å². The van der Waals surface area contributed by atoms with Gasteiger partial charge in [-0.15, -0.1) is 0 Å². The van der Waals surface area contributed by atoms with Crippen LogP contribution in [-0.2, 0) is 17.5 Å². The molecule has 0 fully saturated rings. The number of carboxylic acid groups (broad SMARTS) is 1. The fourth-order valence-electron chi connectivity index (χ4n) is 1.82. The molecule has 0 aliphatic rings. The van der Waals surface area contributed by atoms with Gasteiger partial charge in [0.15, 0.2) is 0 Å². The Morgan fingerprint density at radius 3 is 2.65 bits per heavy atom. The van der Waals surface area contributed by atoms with E-state index in [1.807, 2.05) is 6.92 Å². The summed E-state index contributed by atoms with van der Waals surface area (Å²) < 4.78 is 37.6. The summed E-state index contributed by atoms with van der Waals surface area (Å²) in [5.74, 6) is -0.981. The molecular formula is C14H18F3NO2. The third kappa shape index (κ3) is 5.21. The van der Waals surface area contributed by atoms with E-state index in [0.29, 0.717) is 12.0 Å². The molecule has 1 aromatic rings. The van der Waals surface area contributed by atoms with Gasteiger partial charge in [-0.3, -0.25) is 4.79 Å². The van der Waals surface area contributed by atoms with Crippen LogP contribution in [0.1, 0.15) is 37.3 Å². The summed E-state index contributed by atoms with van der Waals surface area (Å²) in [6, 6.07) is 4.16. The highest BCUT2D eigenvalue weighted by molar-refractivity contribution is 5.73. The third-order valence-corrected chi connectivity index (χ3v) is 2.95. The van der Waals surface area contributed by atoms with Gasteiger partial charge in [-0.1, -0.05) is 38.0 Å². The minimum Gasteiger partial charge on any atom is -0.480 e. The monoisotopic (exact) mass is 289 g/mol. The standard InChI is InChI=1S/C14H18F3NO2/c1-2-3-7-12(13(19)20)18-9-10-5-4-6-11(8-10)14(15,16)17/h4-6,8,12,18H,2-3,7,9H2,1H3,(H,19,20). The van der Waals surface area contributed by atoms with Crippen LogP contribution in [-0.4, -0.2) is 17.1 Å². The van der Waals surface area contributed by atoms with Crippen LogP contribution >= 0.6 is 0 Å². The van der Waals surface area contributed by atoms with Crippen molar-refractivity contribution in [3.8, 4) is 0 Å². The van der Waals surface area contributed by atoms with E-state index in [4.69, 9.17) is 5.11 Å². The molecule has 20 heavy (non-hydrogen) atoms. The zero-order valence-corrected chi connectivity index (χ0v) is 11.2. The molecule has 1 atom stereocenters. The van der Waals surface area contributed by atoms with Gasteiger partial charge in [0, 0.05) is 6.54 Å². The second-order valence-electron chi connectivity index (χ2n) is 4.61. The molecule has 0 heterocycles. The van der Waals surface area contributed by atoms with Gasteiger partial charge in [-0.05, 0) is 18.1 Å². The molecule has 3 nitrogen and oxygen atoms in total. The van der Waals surface area contributed by atoms with Crippen LogP contribution in [0.4, 0.5) is 13.2 Å². The van der Waals surface area contributed by atoms with Crippen LogP contribution in [0.25, 0.3) is 0 Å². The molecule has 0 saturated heterocycles. The number of aliphatic carboxylic acids is 1. The molecule has 0 aromatic heterocycles. The van der Waals surface area contributed by atoms with Crippen molar-refractivity contribution in [3.05, 3.63) is 35.4 Å². The number of benzene rings is 1. The van der Waals surface area contributed by atoms with E-state index in [1.165, 1.54) is 6.07 Å². The average Bonchev–Trinajstić information content (AvgIpc) is 2.37. The molecule has 1 rings (SSSR count). The molecule has 0 bridgehead atoms. The lowest BCUT2D eigenvalue weighted by Crippen LogP contribution is -2.36. The molecular weight excluding hydrogens is 271 g/mol. The van der Waals surface area contributed by atoms with E-state index in [1.54, 1.807) is 6.07 Å². The van der Waals surface area contributed by atoms with Crippen molar-refractivity contribution in [2.75, 3.05) is 0 Å². The number of carboxylic acids is 1. The van der Waals surface area contributed by atoms with Gasteiger partial charge in [-0.2, -0.15) is 13.2 Å². The lowest BCUT2D eigenvalue weighted by Gasteiger charge is -2.15. The second kappa shape index (κ2) is 7.28. The Balaban J connectivity index is 2.66. The number of halogens is 3. The molecule has 0 aliphatic heterocycles. The van der Waals surface area contributed by atoms with Crippen LogP contribution in [0.3, 0.4) is 0 Å². The van der Waals surface area contributed by atoms with Gasteiger partial charge in [0.2, 0.25) is 0 Å². The third-order valence-electron chi connectivity index (χ3n) is 2.95. The first-order valence-corrected chi connectivity index (χ1v) is 6.47. The van der Waals surface area contributed by atoms with Crippen LogP contribution in [0, 0.1) is 0 Å². The van der Waals surface area contributed by atoms with Gasteiger partial charge in [0.05, 0.1) is 5.56 Å². The highest BCUT2D eigenvalue weighted by Crippen LogP contribution is 2.29. The van der Waals surface area contributed by atoms with E-state index in [2.05, 4.69) is 5.32 Å². The Morgan fingerprint density at radius 2 is 2.10 bits per heavy atom. The molecule has 0 aliphatic carbocycles. The van der Waals surface area contributed by atoms with Gasteiger partial charge in [-0.25, -0.2) is 0 Å². The summed E-state index contributed by atoms with van der Waals surface area (Å²) >= 11 is 0. The molecule has 6 heteroatoms. The lowest BCUT2D eigenvalue weighted by molar-refractivity contribution is -0.140. The molecule has 112 valence electrons. The van der Waals surface area contributed by atoms with Crippen molar-refractivity contribution < 1.29 is 23.1 Å². The molecule has 2 N–H and O–H groups in total. The highest BCUT2D eigenvalue weighted by atomic mass is 19.4. The molecule has 1 aromatic carbocycles. The maximum atomic E-state index is 12.5. The summed E-state index contributed by atoms with van der Waals surface area (Å²) in [5, 5.41) is 11.8. The number of rotatable bonds is 7. The quantitative estimate of drug-likeness (QED) is 0.808. The second-order valence-corrected chi connectivity index (χ2v) is 4.61. The lowest BCUT2D eigenvalue weighted by atomic mass is 10.1. The number of hydrogen-bond acceptors (Lipinski definition) is 2. The average molecular weight is 289 g/mol.